The molecular weight excluding hydrogens is 260 g/mol. The SMILES string of the molecule is C#CCCCNS(=O)(=O)c1c(C)cc(C)c(N)c1C. The summed E-state index contributed by atoms with van der Waals surface area (Å²) in [6.45, 7) is 5.70. The maximum absolute atomic E-state index is 12.3. The van der Waals surface area contributed by atoms with Crippen molar-refractivity contribution in [3.63, 3.8) is 0 Å². The highest BCUT2D eigenvalue weighted by molar-refractivity contribution is 7.89. The zero-order chi connectivity index (χ0) is 14.6. The number of unbranched alkanes of at least 4 members (excludes halogenated alkanes) is 1. The smallest absolute Gasteiger partial charge is 0.241 e. The van der Waals surface area contributed by atoms with Gasteiger partial charge in [-0.15, -0.1) is 12.3 Å². The zero-order valence-corrected chi connectivity index (χ0v) is 12.4. The summed E-state index contributed by atoms with van der Waals surface area (Å²) in [6.07, 6.45) is 6.30. The van der Waals surface area contributed by atoms with Gasteiger partial charge in [-0.05, 0) is 43.9 Å². The summed E-state index contributed by atoms with van der Waals surface area (Å²) < 4.78 is 27.1. The van der Waals surface area contributed by atoms with E-state index in [0.717, 1.165) is 5.56 Å². The van der Waals surface area contributed by atoms with Crippen LogP contribution in [0.5, 0.6) is 0 Å². The summed E-state index contributed by atoms with van der Waals surface area (Å²) in [7, 11) is -3.54. The largest absolute Gasteiger partial charge is 0.398 e. The topological polar surface area (TPSA) is 72.2 Å². The number of anilines is 1. The van der Waals surface area contributed by atoms with Crippen LogP contribution >= 0.6 is 0 Å². The van der Waals surface area contributed by atoms with Crippen molar-refractivity contribution in [3.05, 3.63) is 22.8 Å². The van der Waals surface area contributed by atoms with E-state index in [-0.39, 0.29) is 4.90 Å². The van der Waals surface area contributed by atoms with Crippen molar-refractivity contribution in [2.75, 3.05) is 12.3 Å². The molecule has 0 aliphatic carbocycles. The molecule has 0 spiro atoms. The van der Waals surface area contributed by atoms with Gasteiger partial charge in [0.25, 0.3) is 0 Å². The number of terminal acetylenes is 1. The molecule has 0 saturated heterocycles. The molecule has 0 amide bonds. The van der Waals surface area contributed by atoms with Gasteiger partial charge in [-0.3, -0.25) is 0 Å². The molecule has 0 aliphatic heterocycles. The van der Waals surface area contributed by atoms with Crippen LogP contribution in [0.3, 0.4) is 0 Å². The molecule has 0 fully saturated rings. The zero-order valence-electron chi connectivity index (χ0n) is 11.6. The number of aryl methyl sites for hydroxylation is 2. The average molecular weight is 280 g/mol. The van der Waals surface area contributed by atoms with Gasteiger partial charge in [0.2, 0.25) is 10.0 Å². The second-order valence-corrected chi connectivity index (χ2v) is 6.29. The molecule has 0 bridgehead atoms. The van der Waals surface area contributed by atoms with Crippen molar-refractivity contribution in [1.29, 1.82) is 0 Å². The van der Waals surface area contributed by atoms with Gasteiger partial charge < -0.3 is 5.73 Å². The molecule has 19 heavy (non-hydrogen) atoms. The number of benzene rings is 1. The first kappa shape index (κ1) is 15.5. The first-order chi connectivity index (χ1) is 8.81. The minimum Gasteiger partial charge on any atom is -0.398 e. The van der Waals surface area contributed by atoms with E-state index in [9.17, 15) is 8.42 Å². The lowest BCUT2D eigenvalue weighted by Crippen LogP contribution is -2.26. The van der Waals surface area contributed by atoms with Crippen LogP contribution in [0.4, 0.5) is 5.69 Å². The lowest BCUT2D eigenvalue weighted by Gasteiger charge is -2.15. The van der Waals surface area contributed by atoms with Gasteiger partial charge in [0.15, 0.2) is 0 Å². The van der Waals surface area contributed by atoms with Gasteiger partial charge in [-0.1, -0.05) is 6.07 Å². The Bertz CT molecular complexity index is 613. The monoisotopic (exact) mass is 280 g/mol. The highest BCUT2D eigenvalue weighted by Crippen LogP contribution is 2.27. The van der Waals surface area contributed by atoms with Crippen LogP contribution in [0, 0.1) is 33.1 Å². The van der Waals surface area contributed by atoms with E-state index in [2.05, 4.69) is 10.6 Å². The van der Waals surface area contributed by atoms with Crippen LogP contribution < -0.4 is 10.5 Å². The lowest BCUT2D eigenvalue weighted by molar-refractivity contribution is 0.578. The molecule has 5 heteroatoms. The lowest BCUT2D eigenvalue weighted by atomic mass is 10.1. The molecule has 0 atom stereocenters. The Balaban J connectivity index is 3.09. The van der Waals surface area contributed by atoms with Crippen molar-refractivity contribution in [2.45, 2.75) is 38.5 Å². The highest BCUT2D eigenvalue weighted by atomic mass is 32.2. The minimum atomic E-state index is -3.54. The quantitative estimate of drug-likeness (QED) is 0.491. The standard InChI is InChI=1S/C14H20N2O2S/c1-5-6-7-8-16-19(17,18)14-11(3)9-10(2)13(15)12(14)4/h1,9,16H,6-8,15H2,2-4H3. The van der Waals surface area contributed by atoms with Crippen LogP contribution in [0.2, 0.25) is 0 Å². The van der Waals surface area contributed by atoms with Crippen molar-refractivity contribution in [2.24, 2.45) is 0 Å². The number of hydrogen-bond acceptors (Lipinski definition) is 3. The molecule has 0 radical (unpaired) electrons. The first-order valence-electron chi connectivity index (χ1n) is 6.10. The summed E-state index contributed by atoms with van der Waals surface area (Å²) in [5.74, 6) is 2.48. The van der Waals surface area contributed by atoms with E-state index in [4.69, 9.17) is 12.2 Å². The molecule has 1 aromatic carbocycles. The molecule has 4 nitrogen and oxygen atoms in total. The van der Waals surface area contributed by atoms with Crippen LogP contribution in [-0.2, 0) is 10.0 Å². The Kier molecular flexibility index (Phi) is 4.98. The summed E-state index contributed by atoms with van der Waals surface area (Å²) in [5.41, 5.74) is 8.62. The van der Waals surface area contributed by atoms with Crippen LogP contribution in [-0.4, -0.2) is 15.0 Å². The molecule has 0 heterocycles. The Morgan fingerprint density at radius 2 is 1.95 bits per heavy atom. The summed E-state index contributed by atoms with van der Waals surface area (Å²) >= 11 is 0. The van der Waals surface area contributed by atoms with Gasteiger partial charge in [0, 0.05) is 18.7 Å². The van der Waals surface area contributed by atoms with Crippen molar-refractivity contribution in [1.82, 2.24) is 4.72 Å². The van der Waals surface area contributed by atoms with E-state index >= 15 is 0 Å². The molecule has 104 valence electrons. The molecule has 0 aromatic heterocycles. The third kappa shape index (κ3) is 3.49. The Morgan fingerprint density at radius 3 is 2.53 bits per heavy atom. The molecule has 1 aromatic rings. The van der Waals surface area contributed by atoms with Gasteiger partial charge in [0.1, 0.15) is 0 Å². The number of nitrogens with two attached hydrogens (primary N) is 1. The fourth-order valence-corrected chi connectivity index (χ4v) is 3.62. The van der Waals surface area contributed by atoms with Gasteiger partial charge >= 0.3 is 0 Å². The van der Waals surface area contributed by atoms with E-state index < -0.39 is 10.0 Å². The third-order valence-electron chi connectivity index (χ3n) is 3.02. The maximum atomic E-state index is 12.3. The Labute approximate surface area is 115 Å². The molecule has 0 aliphatic rings. The molecular formula is C14H20N2O2S. The fourth-order valence-electron chi connectivity index (χ4n) is 2.06. The summed E-state index contributed by atoms with van der Waals surface area (Å²) in [4.78, 5) is 0.274. The highest BCUT2D eigenvalue weighted by Gasteiger charge is 2.21. The van der Waals surface area contributed by atoms with E-state index in [1.807, 2.05) is 6.92 Å². The van der Waals surface area contributed by atoms with Crippen LogP contribution in [0.1, 0.15) is 29.5 Å². The van der Waals surface area contributed by atoms with E-state index in [1.165, 1.54) is 0 Å². The van der Waals surface area contributed by atoms with Crippen molar-refractivity contribution in [3.8, 4) is 12.3 Å². The third-order valence-corrected chi connectivity index (χ3v) is 4.77. The van der Waals surface area contributed by atoms with E-state index in [0.29, 0.717) is 36.2 Å². The normalized spacial score (nSPS) is 11.3. The Hall–Kier alpha value is -1.51. The average Bonchev–Trinajstić information content (AvgIpc) is 2.31. The number of nitrogen functional groups attached to an aromatic ring is 1. The summed E-state index contributed by atoms with van der Waals surface area (Å²) in [5, 5.41) is 0. The van der Waals surface area contributed by atoms with Crippen molar-refractivity contribution >= 4 is 15.7 Å². The number of rotatable bonds is 5. The molecule has 1 rings (SSSR count). The molecule has 0 saturated carbocycles. The molecule has 3 N–H and O–H groups in total. The predicted octanol–water partition coefficient (Wildman–Crippen LogP) is 1.89. The van der Waals surface area contributed by atoms with E-state index in [1.54, 1.807) is 19.9 Å². The first-order valence-corrected chi connectivity index (χ1v) is 7.59. The number of hydrogen-bond donors (Lipinski definition) is 2. The number of sulfonamides is 1. The number of nitrogens with one attached hydrogen (secondary N) is 1. The maximum Gasteiger partial charge on any atom is 0.241 e. The van der Waals surface area contributed by atoms with Gasteiger partial charge in [0.05, 0.1) is 4.90 Å². The minimum absolute atomic E-state index is 0.274. The van der Waals surface area contributed by atoms with Crippen LogP contribution in [0.25, 0.3) is 0 Å². The van der Waals surface area contributed by atoms with Crippen LogP contribution in [0.15, 0.2) is 11.0 Å². The second-order valence-electron chi connectivity index (χ2n) is 4.58. The van der Waals surface area contributed by atoms with Gasteiger partial charge in [-0.25, -0.2) is 13.1 Å². The fraction of sp³-hybridized carbons (Fsp3) is 0.429. The van der Waals surface area contributed by atoms with Gasteiger partial charge in [-0.2, -0.15) is 0 Å². The summed E-state index contributed by atoms with van der Waals surface area (Å²) in [6, 6.07) is 1.79. The Morgan fingerprint density at radius 1 is 1.32 bits per heavy atom. The van der Waals surface area contributed by atoms with Crippen molar-refractivity contribution < 1.29 is 8.42 Å². The predicted molar refractivity (Wildman–Crippen MR) is 78.3 cm³/mol. The second kappa shape index (κ2) is 6.09. The molecule has 0 unspecified atom stereocenters.